The van der Waals surface area contributed by atoms with Crippen LogP contribution in [0.25, 0.3) is 16.8 Å². The molecule has 1 aliphatic rings. The summed E-state index contributed by atoms with van der Waals surface area (Å²) in [5.74, 6) is 0.728. The van der Waals surface area contributed by atoms with Gasteiger partial charge >= 0.3 is 0 Å². The first-order valence-corrected chi connectivity index (χ1v) is 9.52. The van der Waals surface area contributed by atoms with Gasteiger partial charge in [-0.3, -0.25) is 4.68 Å². The standard InChI is InChI=1S/C17H21BrN8O/c1-9(24-27)13-4-3-10(5-20-13)15-14(18)16(19)26-17(23-15)12(7-22-26)11-6-21-25(2)8-11/h6-8,10,13,20,27H,3-5,19H2,1-2H3/t10-,13-/m0/s1. The fourth-order valence-electron chi connectivity index (χ4n) is 3.56. The van der Waals surface area contributed by atoms with Crippen LogP contribution in [0.1, 0.15) is 31.4 Å². The number of anilines is 1. The quantitative estimate of drug-likeness (QED) is 0.331. The third-order valence-corrected chi connectivity index (χ3v) is 5.94. The summed E-state index contributed by atoms with van der Waals surface area (Å²) < 4.78 is 4.17. The molecular formula is C17H21BrN8O. The Hall–Kier alpha value is -2.46. The fraction of sp³-hybridized carbons (Fsp3) is 0.412. The summed E-state index contributed by atoms with van der Waals surface area (Å²) in [5.41, 5.74) is 10.5. The highest BCUT2D eigenvalue weighted by molar-refractivity contribution is 9.10. The monoisotopic (exact) mass is 432 g/mol. The number of nitrogens with zero attached hydrogens (tertiary/aromatic N) is 6. The SMILES string of the molecule is CC(=NO)[C@@H]1CC[C@H](c2nc3c(-c4cnn(C)c4)cnn3c(N)c2Br)CN1. The number of rotatable bonds is 3. The number of hydrogen-bond donors (Lipinski definition) is 3. The van der Waals surface area contributed by atoms with Gasteiger partial charge in [-0.2, -0.15) is 14.7 Å². The second-order valence-electron chi connectivity index (χ2n) is 6.87. The third kappa shape index (κ3) is 3.08. The van der Waals surface area contributed by atoms with Gasteiger partial charge in [0.25, 0.3) is 0 Å². The Morgan fingerprint density at radius 3 is 2.81 bits per heavy atom. The summed E-state index contributed by atoms with van der Waals surface area (Å²) in [6, 6.07) is 0.0898. The maximum absolute atomic E-state index is 8.98. The van der Waals surface area contributed by atoms with Crippen LogP contribution in [0, 0.1) is 0 Å². The predicted molar refractivity (Wildman–Crippen MR) is 106 cm³/mol. The fourth-order valence-corrected chi connectivity index (χ4v) is 4.14. The van der Waals surface area contributed by atoms with Gasteiger partial charge in [-0.1, -0.05) is 5.16 Å². The molecule has 27 heavy (non-hydrogen) atoms. The molecule has 0 bridgehead atoms. The van der Waals surface area contributed by atoms with E-state index in [4.69, 9.17) is 15.9 Å². The highest BCUT2D eigenvalue weighted by Crippen LogP contribution is 2.35. The van der Waals surface area contributed by atoms with Crippen LogP contribution in [-0.4, -0.2) is 47.9 Å². The molecule has 10 heteroatoms. The van der Waals surface area contributed by atoms with E-state index < -0.39 is 0 Å². The molecule has 4 rings (SSSR count). The van der Waals surface area contributed by atoms with Crippen molar-refractivity contribution in [1.29, 1.82) is 0 Å². The molecule has 1 fully saturated rings. The van der Waals surface area contributed by atoms with Crippen molar-refractivity contribution in [2.24, 2.45) is 12.2 Å². The van der Waals surface area contributed by atoms with E-state index in [0.717, 1.165) is 40.7 Å². The topological polar surface area (TPSA) is 119 Å². The molecule has 1 aliphatic heterocycles. The van der Waals surface area contributed by atoms with Gasteiger partial charge in [0.15, 0.2) is 5.65 Å². The molecular weight excluding hydrogens is 412 g/mol. The van der Waals surface area contributed by atoms with Crippen LogP contribution in [0.2, 0.25) is 0 Å². The number of hydrogen-bond acceptors (Lipinski definition) is 7. The first-order valence-electron chi connectivity index (χ1n) is 8.73. The number of nitrogen functional groups attached to an aromatic ring is 1. The summed E-state index contributed by atoms with van der Waals surface area (Å²) in [7, 11) is 1.88. The number of nitrogens with one attached hydrogen (secondary N) is 1. The minimum Gasteiger partial charge on any atom is -0.411 e. The summed E-state index contributed by atoms with van der Waals surface area (Å²) in [4.78, 5) is 4.91. The van der Waals surface area contributed by atoms with Crippen LogP contribution in [0.3, 0.4) is 0 Å². The van der Waals surface area contributed by atoms with Crippen LogP contribution in [0.4, 0.5) is 5.82 Å². The molecule has 1 saturated heterocycles. The van der Waals surface area contributed by atoms with Crippen LogP contribution < -0.4 is 11.1 Å². The van der Waals surface area contributed by atoms with Crippen molar-refractivity contribution in [2.75, 3.05) is 12.3 Å². The molecule has 0 radical (unpaired) electrons. The van der Waals surface area contributed by atoms with Crippen LogP contribution in [0.5, 0.6) is 0 Å². The molecule has 4 N–H and O–H groups in total. The van der Waals surface area contributed by atoms with Crippen molar-refractivity contribution in [3.05, 3.63) is 28.8 Å². The van der Waals surface area contributed by atoms with Gasteiger partial charge in [0, 0.05) is 42.9 Å². The van der Waals surface area contributed by atoms with E-state index in [2.05, 4.69) is 36.6 Å². The molecule has 9 nitrogen and oxygen atoms in total. The van der Waals surface area contributed by atoms with Crippen LogP contribution in [-0.2, 0) is 7.05 Å². The van der Waals surface area contributed by atoms with Crippen LogP contribution >= 0.6 is 15.9 Å². The zero-order chi connectivity index (χ0) is 19.1. The van der Waals surface area contributed by atoms with Crippen molar-refractivity contribution in [3.8, 4) is 11.1 Å². The Morgan fingerprint density at radius 2 is 2.19 bits per heavy atom. The van der Waals surface area contributed by atoms with Crippen LogP contribution in [0.15, 0.2) is 28.2 Å². The number of piperidine rings is 1. The predicted octanol–water partition coefficient (Wildman–Crippen LogP) is 2.16. The lowest BCUT2D eigenvalue weighted by Gasteiger charge is -2.29. The van der Waals surface area contributed by atoms with E-state index in [1.54, 1.807) is 21.6 Å². The molecule has 3 aromatic heterocycles. The van der Waals surface area contributed by atoms with E-state index in [9.17, 15) is 0 Å². The molecule has 142 valence electrons. The van der Waals surface area contributed by atoms with Crippen molar-refractivity contribution in [2.45, 2.75) is 31.7 Å². The Kier molecular flexibility index (Phi) is 4.60. The number of oxime groups is 1. The van der Waals surface area contributed by atoms with Crippen molar-refractivity contribution in [1.82, 2.24) is 29.7 Å². The zero-order valence-electron chi connectivity index (χ0n) is 15.1. The highest BCUT2D eigenvalue weighted by Gasteiger charge is 2.28. The maximum atomic E-state index is 8.98. The average molecular weight is 433 g/mol. The van der Waals surface area contributed by atoms with Gasteiger partial charge in [-0.15, -0.1) is 0 Å². The molecule has 0 aliphatic carbocycles. The highest BCUT2D eigenvalue weighted by atomic mass is 79.9. The van der Waals surface area contributed by atoms with Gasteiger partial charge in [-0.05, 0) is 35.7 Å². The first-order chi connectivity index (χ1) is 13.0. The number of aryl methyl sites for hydroxylation is 1. The van der Waals surface area contributed by atoms with Gasteiger partial charge in [0.2, 0.25) is 0 Å². The van der Waals surface area contributed by atoms with Crippen molar-refractivity contribution in [3.63, 3.8) is 0 Å². The molecule has 0 spiro atoms. The molecule has 0 saturated carbocycles. The van der Waals surface area contributed by atoms with E-state index >= 15 is 0 Å². The van der Waals surface area contributed by atoms with Gasteiger partial charge in [0.05, 0.1) is 28.3 Å². The third-order valence-electron chi connectivity index (χ3n) is 5.13. The largest absolute Gasteiger partial charge is 0.411 e. The minimum atomic E-state index is 0.0898. The molecule has 3 aromatic rings. The number of aromatic nitrogens is 5. The zero-order valence-corrected chi connectivity index (χ0v) is 16.7. The molecule has 0 amide bonds. The summed E-state index contributed by atoms with van der Waals surface area (Å²) in [6.45, 7) is 2.55. The average Bonchev–Trinajstić information content (AvgIpc) is 3.30. The van der Waals surface area contributed by atoms with Gasteiger partial charge < -0.3 is 16.3 Å². The lowest BCUT2D eigenvalue weighted by molar-refractivity contribution is 0.311. The molecule has 0 aromatic carbocycles. The number of nitrogens with two attached hydrogens (primary N) is 1. The van der Waals surface area contributed by atoms with Crippen molar-refractivity contribution >= 4 is 33.1 Å². The second kappa shape index (κ2) is 6.93. The Labute approximate surface area is 164 Å². The Balaban J connectivity index is 1.72. The smallest absolute Gasteiger partial charge is 0.165 e. The maximum Gasteiger partial charge on any atom is 0.165 e. The lowest BCUT2D eigenvalue weighted by atomic mass is 9.90. The summed E-state index contributed by atoms with van der Waals surface area (Å²) in [6.07, 6.45) is 7.28. The number of halogens is 1. The Morgan fingerprint density at radius 1 is 1.37 bits per heavy atom. The normalized spacial score (nSPS) is 21.1. The summed E-state index contributed by atoms with van der Waals surface area (Å²) >= 11 is 3.61. The Bertz CT molecular complexity index is 1020. The minimum absolute atomic E-state index is 0.0898. The van der Waals surface area contributed by atoms with Gasteiger partial charge in [0.1, 0.15) is 5.82 Å². The molecule has 0 unspecified atom stereocenters. The lowest BCUT2D eigenvalue weighted by Crippen LogP contribution is -2.42. The van der Waals surface area contributed by atoms with Crippen molar-refractivity contribution < 1.29 is 5.21 Å². The first kappa shape index (κ1) is 17.9. The van der Waals surface area contributed by atoms with E-state index in [-0.39, 0.29) is 12.0 Å². The van der Waals surface area contributed by atoms with E-state index in [1.807, 2.05) is 20.2 Å². The summed E-state index contributed by atoms with van der Waals surface area (Å²) in [5, 5.41) is 24.4. The second-order valence-corrected chi connectivity index (χ2v) is 7.66. The van der Waals surface area contributed by atoms with Gasteiger partial charge in [-0.25, -0.2) is 4.98 Å². The molecule has 4 heterocycles. The number of fused-ring (bicyclic) bond motifs is 1. The van der Waals surface area contributed by atoms with E-state index in [1.165, 1.54) is 0 Å². The molecule has 2 atom stereocenters. The van der Waals surface area contributed by atoms with E-state index in [0.29, 0.717) is 17.2 Å².